The van der Waals surface area contributed by atoms with Gasteiger partial charge in [-0.25, -0.2) is 13.2 Å². The number of ether oxygens (including phenoxy) is 2. The summed E-state index contributed by atoms with van der Waals surface area (Å²) in [5, 5.41) is 2.95. The molecule has 188 valence electrons. The largest absolute Gasteiger partial charge is 0.462 e. The first-order valence-electron chi connectivity index (χ1n) is 12.0. The van der Waals surface area contributed by atoms with Crippen LogP contribution in [-0.4, -0.2) is 62.9 Å². The van der Waals surface area contributed by atoms with Crippen LogP contribution in [0, 0.1) is 5.92 Å². The van der Waals surface area contributed by atoms with Crippen molar-refractivity contribution in [1.82, 2.24) is 9.62 Å². The molecule has 1 N–H and O–H groups in total. The Morgan fingerprint density at radius 3 is 2.15 bits per heavy atom. The summed E-state index contributed by atoms with van der Waals surface area (Å²) >= 11 is 0. The molecule has 1 aromatic carbocycles. The summed E-state index contributed by atoms with van der Waals surface area (Å²) in [7, 11) is -3.75. The van der Waals surface area contributed by atoms with Gasteiger partial charge in [0.05, 0.1) is 23.0 Å². The van der Waals surface area contributed by atoms with Crippen LogP contribution in [-0.2, 0) is 29.1 Å². The van der Waals surface area contributed by atoms with E-state index >= 15 is 0 Å². The fraction of sp³-hybridized carbons (Fsp3) is 0.625. The van der Waals surface area contributed by atoms with Crippen LogP contribution in [0.3, 0.4) is 0 Å². The smallest absolute Gasteiger partial charge is 0.338 e. The first-order valence-corrected chi connectivity index (χ1v) is 13.5. The Morgan fingerprint density at radius 1 is 0.941 bits per heavy atom. The summed E-state index contributed by atoms with van der Waals surface area (Å²) in [4.78, 5) is 36.4. The zero-order valence-corrected chi connectivity index (χ0v) is 20.5. The second-order valence-electron chi connectivity index (χ2n) is 8.79. The fourth-order valence-electron chi connectivity index (χ4n) is 4.41. The number of esters is 2. The van der Waals surface area contributed by atoms with Crippen LogP contribution in [0.5, 0.6) is 0 Å². The van der Waals surface area contributed by atoms with Crippen molar-refractivity contribution in [3.63, 3.8) is 0 Å². The molecule has 1 aliphatic carbocycles. The molecule has 1 saturated heterocycles. The van der Waals surface area contributed by atoms with Crippen LogP contribution < -0.4 is 5.32 Å². The van der Waals surface area contributed by atoms with E-state index in [4.69, 9.17) is 9.47 Å². The van der Waals surface area contributed by atoms with Gasteiger partial charge in [-0.1, -0.05) is 25.7 Å². The van der Waals surface area contributed by atoms with Crippen molar-refractivity contribution < 1.29 is 32.3 Å². The molecule has 3 rings (SSSR count). The minimum Gasteiger partial charge on any atom is -0.462 e. The van der Waals surface area contributed by atoms with E-state index in [2.05, 4.69) is 5.32 Å². The lowest BCUT2D eigenvalue weighted by molar-refractivity contribution is -0.153. The molecule has 1 amide bonds. The summed E-state index contributed by atoms with van der Waals surface area (Å²) in [6, 6.07) is 5.77. The standard InChI is InChI=1S/C24H34N2O7S/c1-2-32-23(28)18-9-11-21(12-10-18)34(30,31)26-15-13-19(14-16-26)24(29)33-17-22(27)25-20-7-5-3-4-6-8-20/h9-12,19-20H,2-8,13-17H2,1H3,(H,25,27). The Hall–Kier alpha value is -2.46. The van der Waals surface area contributed by atoms with Crippen LogP contribution in [0.4, 0.5) is 0 Å². The van der Waals surface area contributed by atoms with Gasteiger partial charge in [0.2, 0.25) is 10.0 Å². The van der Waals surface area contributed by atoms with Crippen LogP contribution >= 0.6 is 0 Å². The number of sulfonamides is 1. The number of hydrogen-bond acceptors (Lipinski definition) is 7. The van der Waals surface area contributed by atoms with Gasteiger partial charge in [0.25, 0.3) is 5.91 Å². The summed E-state index contributed by atoms with van der Waals surface area (Å²) in [5.41, 5.74) is 0.283. The van der Waals surface area contributed by atoms with Crippen LogP contribution in [0.2, 0.25) is 0 Å². The van der Waals surface area contributed by atoms with Gasteiger partial charge in [0, 0.05) is 19.1 Å². The Morgan fingerprint density at radius 2 is 1.56 bits per heavy atom. The van der Waals surface area contributed by atoms with E-state index in [0.29, 0.717) is 12.8 Å². The van der Waals surface area contributed by atoms with Crippen LogP contribution in [0.25, 0.3) is 0 Å². The third-order valence-electron chi connectivity index (χ3n) is 6.36. The molecule has 0 atom stereocenters. The molecule has 1 aromatic rings. The quantitative estimate of drug-likeness (QED) is 0.436. The molecule has 0 spiro atoms. The molecule has 34 heavy (non-hydrogen) atoms. The summed E-state index contributed by atoms with van der Waals surface area (Å²) < 4.78 is 37.3. The predicted molar refractivity (Wildman–Crippen MR) is 124 cm³/mol. The van der Waals surface area contributed by atoms with Gasteiger partial charge in [-0.2, -0.15) is 4.31 Å². The lowest BCUT2D eigenvalue weighted by Crippen LogP contribution is -2.41. The maximum Gasteiger partial charge on any atom is 0.338 e. The van der Waals surface area contributed by atoms with E-state index in [1.807, 2.05) is 0 Å². The number of amides is 1. The van der Waals surface area contributed by atoms with Crippen molar-refractivity contribution in [2.45, 2.75) is 69.2 Å². The zero-order valence-electron chi connectivity index (χ0n) is 19.7. The van der Waals surface area contributed by atoms with Crippen molar-refractivity contribution in [2.75, 3.05) is 26.3 Å². The number of benzene rings is 1. The van der Waals surface area contributed by atoms with Gasteiger partial charge in [-0.15, -0.1) is 0 Å². The molecule has 0 aromatic heterocycles. The Bertz CT molecular complexity index is 946. The topological polar surface area (TPSA) is 119 Å². The molecule has 0 unspecified atom stereocenters. The SMILES string of the molecule is CCOC(=O)c1ccc(S(=O)(=O)N2CCC(C(=O)OCC(=O)NC3CCCCCC3)CC2)cc1. The Balaban J connectivity index is 1.45. The molecule has 2 fully saturated rings. The van der Waals surface area contributed by atoms with E-state index in [0.717, 1.165) is 25.7 Å². The number of carbonyl (C=O) groups is 3. The number of nitrogens with zero attached hydrogens (tertiary/aromatic N) is 1. The van der Waals surface area contributed by atoms with E-state index in [1.54, 1.807) is 6.92 Å². The van der Waals surface area contributed by atoms with E-state index in [1.165, 1.54) is 41.4 Å². The monoisotopic (exact) mass is 494 g/mol. The van der Waals surface area contributed by atoms with Crippen molar-refractivity contribution in [3.8, 4) is 0 Å². The summed E-state index contributed by atoms with van der Waals surface area (Å²) in [5.74, 6) is -1.70. The van der Waals surface area contributed by atoms with Crippen molar-refractivity contribution >= 4 is 27.9 Å². The van der Waals surface area contributed by atoms with Crippen LogP contribution in [0.1, 0.15) is 68.6 Å². The normalized spacial score (nSPS) is 18.6. The molecular weight excluding hydrogens is 460 g/mol. The number of hydrogen-bond donors (Lipinski definition) is 1. The number of rotatable bonds is 8. The van der Waals surface area contributed by atoms with Gasteiger partial charge in [-0.05, 0) is 56.9 Å². The minimum absolute atomic E-state index is 0.0803. The lowest BCUT2D eigenvalue weighted by Gasteiger charge is -2.30. The predicted octanol–water partition coefficient (Wildman–Crippen LogP) is 2.65. The molecule has 10 heteroatoms. The average Bonchev–Trinajstić information content (AvgIpc) is 3.11. The highest BCUT2D eigenvalue weighted by Crippen LogP contribution is 2.25. The highest BCUT2D eigenvalue weighted by Gasteiger charge is 2.33. The van der Waals surface area contributed by atoms with Gasteiger partial charge >= 0.3 is 11.9 Å². The maximum atomic E-state index is 12.9. The fourth-order valence-corrected chi connectivity index (χ4v) is 5.88. The third-order valence-corrected chi connectivity index (χ3v) is 8.27. The zero-order chi connectivity index (χ0) is 24.6. The molecule has 9 nitrogen and oxygen atoms in total. The van der Waals surface area contributed by atoms with Crippen LogP contribution in [0.15, 0.2) is 29.2 Å². The third kappa shape index (κ3) is 7.02. The second-order valence-corrected chi connectivity index (χ2v) is 10.7. The number of carbonyl (C=O) groups excluding carboxylic acids is 3. The Labute approximate surface area is 201 Å². The van der Waals surface area contributed by atoms with Gasteiger partial charge in [0.15, 0.2) is 6.61 Å². The lowest BCUT2D eigenvalue weighted by atomic mass is 9.98. The summed E-state index contributed by atoms with van der Waals surface area (Å²) in [6.07, 6.45) is 7.13. The van der Waals surface area contributed by atoms with Gasteiger partial charge in [0.1, 0.15) is 0 Å². The first-order chi connectivity index (χ1) is 16.3. The van der Waals surface area contributed by atoms with Crippen molar-refractivity contribution in [2.24, 2.45) is 5.92 Å². The van der Waals surface area contributed by atoms with Gasteiger partial charge < -0.3 is 14.8 Å². The molecule has 1 aliphatic heterocycles. The summed E-state index contributed by atoms with van der Waals surface area (Å²) in [6.45, 7) is 1.98. The maximum absolute atomic E-state index is 12.9. The van der Waals surface area contributed by atoms with Gasteiger partial charge in [-0.3, -0.25) is 9.59 Å². The Kier molecular flexibility index (Phi) is 9.46. The molecule has 1 heterocycles. The van der Waals surface area contributed by atoms with Crippen molar-refractivity contribution in [3.05, 3.63) is 29.8 Å². The van der Waals surface area contributed by atoms with E-state index in [9.17, 15) is 22.8 Å². The minimum atomic E-state index is -3.75. The van der Waals surface area contributed by atoms with E-state index in [-0.39, 0.29) is 48.7 Å². The molecular formula is C24H34N2O7S. The molecule has 0 bridgehead atoms. The van der Waals surface area contributed by atoms with E-state index < -0.39 is 27.9 Å². The van der Waals surface area contributed by atoms with Crippen molar-refractivity contribution in [1.29, 1.82) is 0 Å². The number of piperidine rings is 1. The highest BCUT2D eigenvalue weighted by molar-refractivity contribution is 7.89. The molecule has 0 radical (unpaired) electrons. The number of nitrogens with one attached hydrogen (secondary N) is 1. The first kappa shape index (κ1) is 26.2. The molecule has 2 aliphatic rings. The molecule has 1 saturated carbocycles. The highest BCUT2D eigenvalue weighted by atomic mass is 32.2. The average molecular weight is 495 g/mol. The second kappa shape index (κ2) is 12.3.